The summed E-state index contributed by atoms with van der Waals surface area (Å²) >= 11 is 0. The van der Waals surface area contributed by atoms with Crippen LogP contribution in [-0.4, -0.2) is 24.2 Å². The van der Waals surface area contributed by atoms with Gasteiger partial charge in [0.05, 0.1) is 19.9 Å². The molecule has 1 aromatic heterocycles. The van der Waals surface area contributed by atoms with Crippen LogP contribution in [-0.2, 0) is 6.54 Å². The van der Waals surface area contributed by atoms with Crippen LogP contribution < -0.4 is 25.8 Å². The first-order valence-electron chi connectivity index (χ1n) is 8.18. The number of nitrogen functional groups attached to an aromatic ring is 1. The summed E-state index contributed by atoms with van der Waals surface area (Å²) in [5, 5.41) is 6.27. The van der Waals surface area contributed by atoms with Crippen molar-refractivity contribution < 1.29 is 13.9 Å². The SMILES string of the molecule is COc1ccc(OC)c(Nc2ncnc(NCc3ccc(F)cc3)c2N)c1. The summed E-state index contributed by atoms with van der Waals surface area (Å²) in [6, 6.07) is 11.6. The third-order valence-electron chi connectivity index (χ3n) is 3.92. The highest BCUT2D eigenvalue weighted by Crippen LogP contribution is 2.33. The van der Waals surface area contributed by atoms with Gasteiger partial charge in [0.2, 0.25) is 0 Å². The van der Waals surface area contributed by atoms with Crippen LogP contribution >= 0.6 is 0 Å². The van der Waals surface area contributed by atoms with Crippen LogP contribution in [0, 0.1) is 5.82 Å². The van der Waals surface area contributed by atoms with E-state index in [2.05, 4.69) is 20.6 Å². The molecule has 0 unspecified atom stereocenters. The average Bonchev–Trinajstić information content (AvgIpc) is 2.69. The van der Waals surface area contributed by atoms with Crippen LogP contribution in [0.5, 0.6) is 11.5 Å². The maximum atomic E-state index is 13.0. The van der Waals surface area contributed by atoms with Gasteiger partial charge in [0.1, 0.15) is 29.3 Å². The van der Waals surface area contributed by atoms with Crippen molar-refractivity contribution >= 4 is 23.0 Å². The van der Waals surface area contributed by atoms with Crippen molar-refractivity contribution in [1.29, 1.82) is 0 Å². The number of rotatable bonds is 7. The minimum Gasteiger partial charge on any atom is -0.497 e. The van der Waals surface area contributed by atoms with E-state index in [1.165, 1.54) is 18.5 Å². The summed E-state index contributed by atoms with van der Waals surface area (Å²) in [5.74, 6) is 1.91. The molecule has 140 valence electrons. The zero-order valence-corrected chi connectivity index (χ0v) is 15.0. The highest BCUT2D eigenvalue weighted by molar-refractivity contribution is 5.79. The smallest absolute Gasteiger partial charge is 0.159 e. The lowest BCUT2D eigenvalue weighted by Gasteiger charge is -2.15. The third-order valence-corrected chi connectivity index (χ3v) is 3.92. The summed E-state index contributed by atoms with van der Waals surface area (Å²) in [6.45, 7) is 0.448. The number of hydrogen-bond acceptors (Lipinski definition) is 7. The minimum absolute atomic E-state index is 0.279. The fourth-order valence-electron chi connectivity index (χ4n) is 2.46. The van der Waals surface area contributed by atoms with Crippen molar-refractivity contribution in [2.75, 3.05) is 30.6 Å². The lowest BCUT2D eigenvalue weighted by molar-refractivity contribution is 0.405. The van der Waals surface area contributed by atoms with E-state index in [1.54, 1.807) is 44.6 Å². The number of methoxy groups -OCH3 is 2. The van der Waals surface area contributed by atoms with Gasteiger partial charge in [-0.25, -0.2) is 14.4 Å². The number of nitrogens with one attached hydrogen (secondary N) is 2. The fraction of sp³-hybridized carbons (Fsp3) is 0.158. The quantitative estimate of drug-likeness (QED) is 0.586. The van der Waals surface area contributed by atoms with Gasteiger partial charge in [-0.1, -0.05) is 12.1 Å². The highest BCUT2D eigenvalue weighted by Gasteiger charge is 2.12. The fourth-order valence-corrected chi connectivity index (χ4v) is 2.46. The van der Waals surface area contributed by atoms with Gasteiger partial charge in [-0.15, -0.1) is 0 Å². The predicted octanol–water partition coefficient (Wildman–Crippen LogP) is 3.57. The van der Waals surface area contributed by atoms with Crippen LogP contribution in [0.15, 0.2) is 48.8 Å². The van der Waals surface area contributed by atoms with Crippen molar-refractivity contribution in [1.82, 2.24) is 9.97 Å². The Morgan fingerprint density at radius 3 is 2.44 bits per heavy atom. The molecule has 0 amide bonds. The Morgan fingerprint density at radius 1 is 1.00 bits per heavy atom. The zero-order chi connectivity index (χ0) is 19.2. The number of aromatic nitrogens is 2. The van der Waals surface area contributed by atoms with Crippen LogP contribution in [0.25, 0.3) is 0 Å². The first-order valence-corrected chi connectivity index (χ1v) is 8.18. The number of nitrogens with two attached hydrogens (primary N) is 1. The molecule has 8 heteroatoms. The number of anilines is 4. The normalized spacial score (nSPS) is 10.3. The van der Waals surface area contributed by atoms with E-state index in [9.17, 15) is 4.39 Å². The van der Waals surface area contributed by atoms with Gasteiger partial charge >= 0.3 is 0 Å². The van der Waals surface area contributed by atoms with Crippen molar-refractivity contribution in [3.63, 3.8) is 0 Å². The molecule has 0 saturated carbocycles. The first-order chi connectivity index (χ1) is 13.1. The summed E-state index contributed by atoms with van der Waals surface area (Å²) in [7, 11) is 3.16. The summed E-state index contributed by atoms with van der Waals surface area (Å²) in [6.07, 6.45) is 1.40. The molecule has 0 spiro atoms. The molecule has 0 bridgehead atoms. The van der Waals surface area contributed by atoms with Gasteiger partial charge in [-0.05, 0) is 29.8 Å². The molecular formula is C19H20FN5O2. The Bertz CT molecular complexity index is 918. The minimum atomic E-state index is -0.279. The maximum Gasteiger partial charge on any atom is 0.159 e. The van der Waals surface area contributed by atoms with Crippen LogP contribution in [0.3, 0.4) is 0 Å². The van der Waals surface area contributed by atoms with Gasteiger partial charge in [-0.2, -0.15) is 0 Å². The van der Waals surface area contributed by atoms with Gasteiger partial charge in [-0.3, -0.25) is 0 Å². The van der Waals surface area contributed by atoms with E-state index in [1.807, 2.05) is 0 Å². The number of halogens is 1. The predicted molar refractivity (Wildman–Crippen MR) is 103 cm³/mol. The number of ether oxygens (including phenoxy) is 2. The molecule has 27 heavy (non-hydrogen) atoms. The average molecular weight is 369 g/mol. The molecule has 7 nitrogen and oxygen atoms in total. The standard InChI is InChI=1S/C19H20FN5O2/c1-26-14-7-8-16(27-2)15(9-14)25-19-17(21)18(23-11-24-19)22-10-12-3-5-13(20)6-4-12/h3-9,11H,10,21H2,1-2H3,(H2,22,23,24,25). The maximum absolute atomic E-state index is 13.0. The first kappa shape index (κ1) is 18.2. The lowest BCUT2D eigenvalue weighted by Crippen LogP contribution is -2.08. The molecule has 0 atom stereocenters. The van der Waals surface area contributed by atoms with Gasteiger partial charge < -0.3 is 25.8 Å². The van der Waals surface area contributed by atoms with E-state index < -0.39 is 0 Å². The van der Waals surface area contributed by atoms with Gasteiger partial charge in [0, 0.05) is 12.6 Å². The monoisotopic (exact) mass is 369 g/mol. The van der Waals surface area contributed by atoms with Gasteiger partial charge in [0.15, 0.2) is 11.6 Å². The molecule has 0 aliphatic rings. The zero-order valence-electron chi connectivity index (χ0n) is 15.0. The molecule has 1 heterocycles. The van der Waals surface area contributed by atoms with Gasteiger partial charge in [0.25, 0.3) is 0 Å². The second kappa shape index (κ2) is 8.22. The Labute approximate surface area is 156 Å². The molecule has 0 fully saturated rings. The van der Waals surface area contributed by atoms with E-state index in [0.717, 1.165) is 5.56 Å². The Balaban J connectivity index is 1.79. The Hall–Kier alpha value is -3.55. The molecule has 4 N–H and O–H groups in total. The molecule has 3 aromatic rings. The van der Waals surface area contributed by atoms with Crippen LogP contribution in [0.4, 0.5) is 27.4 Å². The van der Waals surface area contributed by atoms with Crippen molar-refractivity contribution in [2.24, 2.45) is 0 Å². The molecule has 0 aliphatic heterocycles. The molecule has 0 radical (unpaired) electrons. The molecule has 2 aromatic carbocycles. The highest BCUT2D eigenvalue weighted by atomic mass is 19.1. The summed E-state index contributed by atoms with van der Waals surface area (Å²) in [4.78, 5) is 8.37. The van der Waals surface area contributed by atoms with Crippen molar-refractivity contribution in [3.05, 3.63) is 60.2 Å². The number of nitrogens with zero attached hydrogens (tertiary/aromatic N) is 2. The van der Waals surface area contributed by atoms with Crippen molar-refractivity contribution in [3.8, 4) is 11.5 Å². The molecule has 0 saturated heterocycles. The largest absolute Gasteiger partial charge is 0.497 e. The Morgan fingerprint density at radius 2 is 1.74 bits per heavy atom. The van der Waals surface area contributed by atoms with E-state index in [0.29, 0.717) is 41.1 Å². The summed E-state index contributed by atoms with van der Waals surface area (Å²) < 4.78 is 23.6. The second-order valence-corrected chi connectivity index (χ2v) is 5.66. The lowest BCUT2D eigenvalue weighted by atomic mass is 10.2. The summed E-state index contributed by atoms with van der Waals surface area (Å²) in [5.41, 5.74) is 8.11. The van der Waals surface area contributed by atoms with E-state index in [4.69, 9.17) is 15.2 Å². The molecular weight excluding hydrogens is 349 g/mol. The van der Waals surface area contributed by atoms with Crippen molar-refractivity contribution in [2.45, 2.75) is 6.54 Å². The Kier molecular flexibility index (Phi) is 5.55. The number of hydrogen-bond donors (Lipinski definition) is 3. The molecule has 3 rings (SSSR count). The van der Waals surface area contributed by atoms with E-state index in [-0.39, 0.29) is 5.82 Å². The topological polar surface area (TPSA) is 94.3 Å². The van der Waals surface area contributed by atoms with Crippen LogP contribution in [0.1, 0.15) is 5.56 Å². The molecule has 0 aliphatic carbocycles. The van der Waals surface area contributed by atoms with Crippen LogP contribution in [0.2, 0.25) is 0 Å². The third kappa shape index (κ3) is 4.35. The number of benzene rings is 2. The second-order valence-electron chi connectivity index (χ2n) is 5.66. The van der Waals surface area contributed by atoms with E-state index >= 15 is 0 Å².